The molecule has 11 heteroatoms. The first kappa shape index (κ1) is 29.9. The van der Waals surface area contributed by atoms with Gasteiger partial charge in [0.15, 0.2) is 5.58 Å². The third-order valence-electron chi connectivity index (χ3n) is 8.46. The van der Waals surface area contributed by atoms with Crippen molar-refractivity contribution in [3.8, 4) is 5.75 Å². The van der Waals surface area contributed by atoms with Crippen LogP contribution >= 0.6 is 23.2 Å². The Kier molecular flexibility index (Phi) is 8.12. The number of aryl methyl sites for hydroxylation is 3. The fourth-order valence-electron chi connectivity index (χ4n) is 6.21. The van der Waals surface area contributed by atoms with E-state index in [1.54, 1.807) is 24.7 Å². The molecule has 0 amide bonds. The van der Waals surface area contributed by atoms with Crippen LogP contribution in [0.4, 0.5) is 11.7 Å². The van der Waals surface area contributed by atoms with E-state index in [-0.39, 0.29) is 6.10 Å². The average Bonchev–Trinajstić information content (AvgIpc) is 3.77. The van der Waals surface area contributed by atoms with Crippen molar-refractivity contribution in [1.29, 1.82) is 0 Å². The molecule has 45 heavy (non-hydrogen) atoms. The number of anilines is 2. The summed E-state index contributed by atoms with van der Waals surface area (Å²) in [5.74, 6) is -0.233. The molecule has 2 aliphatic rings. The van der Waals surface area contributed by atoms with Gasteiger partial charge in [0.2, 0.25) is 5.79 Å². The normalized spacial score (nSPS) is 20.3. The maximum atomic E-state index is 6.63. The second-order valence-electron chi connectivity index (χ2n) is 11.8. The van der Waals surface area contributed by atoms with Crippen LogP contribution < -0.4 is 14.5 Å². The van der Waals surface area contributed by atoms with Gasteiger partial charge in [-0.25, -0.2) is 4.98 Å². The minimum Gasteiger partial charge on any atom is -0.490 e. The lowest BCUT2D eigenvalue weighted by atomic mass is 10.1. The summed E-state index contributed by atoms with van der Waals surface area (Å²) < 4.78 is 27.3. The summed E-state index contributed by atoms with van der Waals surface area (Å²) in [7, 11) is 0. The summed E-state index contributed by atoms with van der Waals surface area (Å²) in [5, 5.41) is 1.03. The highest BCUT2D eigenvalue weighted by Crippen LogP contribution is 2.41. The van der Waals surface area contributed by atoms with Crippen LogP contribution in [-0.4, -0.2) is 60.0 Å². The van der Waals surface area contributed by atoms with E-state index in [1.165, 1.54) is 11.3 Å². The number of fused-ring (bicyclic) bond motifs is 1. The van der Waals surface area contributed by atoms with Gasteiger partial charge in [-0.1, -0.05) is 35.3 Å². The van der Waals surface area contributed by atoms with Crippen molar-refractivity contribution in [3.63, 3.8) is 0 Å². The van der Waals surface area contributed by atoms with Gasteiger partial charge in [-0.3, -0.25) is 0 Å². The van der Waals surface area contributed by atoms with Crippen LogP contribution in [0.3, 0.4) is 0 Å². The molecule has 0 N–H and O–H groups in total. The standard InChI is InChI=1S/C34H35Cl2N5O4/c1-22-4-7-31-30(14-22)38-33(44-31)41-12-10-40(11-13-41)26-15-23(2)32(24(3)16-26)42-18-27-19-43-34(45-27,20-39-9-8-37-21-39)28-6-5-25(35)17-29(28)36/h4-9,14-17,21,27H,10-13,18-20H2,1-3H3. The molecular weight excluding hydrogens is 613 g/mol. The van der Waals surface area contributed by atoms with Crippen LogP contribution in [0.25, 0.3) is 11.1 Å². The van der Waals surface area contributed by atoms with Gasteiger partial charge >= 0.3 is 0 Å². The number of halogens is 2. The molecule has 2 aromatic heterocycles. The molecule has 5 aromatic rings. The van der Waals surface area contributed by atoms with Gasteiger partial charge in [-0.2, -0.15) is 4.98 Å². The van der Waals surface area contributed by atoms with Crippen molar-refractivity contribution >= 4 is 46.0 Å². The predicted octanol–water partition coefficient (Wildman–Crippen LogP) is 6.93. The SMILES string of the molecule is Cc1ccc2oc(N3CCN(c4cc(C)c(OCC5COC(Cn6ccnc6)(c6ccc(Cl)cc6Cl)O5)c(C)c4)CC3)nc2c1. The van der Waals surface area contributed by atoms with Crippen LogP contribution in [0, 0.1) is 20.8 Å². The maximum absolute atomic E-state index is 6.63. The van der Waals surface area contributed by atoms with E-state index in [1.807, 2.05) is 22.9 Å². The molecule has 2 aliphatic heterocycles. The third kappa shape index (κ3) is 6.10. The second kappa shape index (κ2) is 12.2. The highest BCUT2D eigenvalue weighted by Gasteiger charge is 2.45. The fourth-order valence-corrected chi connectivity index (χ4v) is 6.76. The third-order valence-corrected chi connectivity index (χ3v) is 9.00. The van der Waals surface area contributed by atoms with E-state index in [0.29, 0.717) is 41.4 Å². The van der Waals surface area contributed by atoms with E-state index in [9.17, 15) is 0 Å². The van der Waals surface area contributed by atoms with Crippen molar-refractivity contribution in [2.45, 2.75) is 39.2 Å². The number of hydrogen-bond donors (Lipinski definition) is 0. The molecule has 2 saturated heterocycles. The molecule has 0 radical (unpaired) electrons. The molecule has 4 heterocycles. The molecule has 0 aliphatic carbocycles. The number of piperazine rings is 1. The van der Waals surface area contributed by atoms with Gasteiger partial charge in [0.05, 0.1) is 24.5 Å². The maximum Gasteiger partial charge on any atom is 0.298 e. The first-order valence-electron chi connectivity index (χ1n) is 15.1. The number of rotatable bonds is 8. The van der Waals surface area contributed by atoms with Gasteiger partial charge in [0.25, 0.3) is 6.01 Å². The van der Waals surface area contributed by atoms with Gasteiger partial charge in [-0.15, -0.1) is 0 Å². The Labute approximate surface area is 272 Å². The van der Waals surface area contributed by atoms with Crippen LogP contribution in [0.1, 0.15) is 22.3 Å². The van der Waals surface area contributed by atoms with Crippen LogP contribution in [0.15, 0.2) is 71.7 Å². The fraction of sp³-hybridized carbons (Fsp3) is 0.353. The van der Waals surface area contributed by atoms with Gasteiger partial charge in [0, 0.05) is 54.8 Å². The molecule has 2 unspecified atom stereocenters. The largest absolute Gasteiger partial charge is 0.490 e. The average molecular weight is 649 g/mol. The van der Waals surface area contributed by atoms with Gasteiger partial charge in [0.1, 0.15) is 24.0 Å². The molecule has 2 atom stereocenters. The number of ether oxygens (including phenoxy) is 3. The lowest BCUT2D eigenvalue weighted by molar-refractivity contribution is -0.189. The Morgan fingerprint density at radius 2 is 1.73 bits per heavy atom. The lowest BCUT2D eigenvalue weighted by Crippen LogP contribution is -2.46. The van der Waals surface area contributed by atoms with E-state index in [4.69, 9.17) is 46.8 Å². The van der Waals surface area contributed by atoms with Crippen molar-refractivity contribution in [2.75, 3.05) is 49.2 Å². The van der Waals surface area contributed by atoms with E-state index >= 15 is 0 Å². The number of hydrogen-bond acceptors (Lipinski definition) is 8. The molecule has 2 fully saturated rings. The Morgan fingerprint density at radius 1 is 0.956 bits per heavy atom. The quantitative estimate of drug-likeness (QED) is 0.179. The highest BCUT2D eigenvalue weighted by molar-refractivity contribution is 6.35. The van der Waals surface area contributed by atoms with Crippen LogP contribution in [-0.2, 0) is 21.8 Å². The summed E-state index contributed by atoms with van der Waals surface area (Å²) in [6.45, 7) is 10.7. The predicted molar refractivity (Wildman–Crippen MR) is 176 cm³/mol. The van der Waals surface area contributed by atoms with Crippen LogP contribution in [0.5, 0.6) is 5.75 Å². The van der Waals surface area contributed by atoms with Crippen molar-refractivity contribution < 1.29 is 18.6 Å². The van der Waals surface area contributed by atoms with Crippen molar-refractivity contribution in [3.05, 3.63) is 99.6 Å². The Bertz CT molecular complexity index is 1800. The first-order chi connectivity index (χ1) is 21.8. The Hall–Kier alpha value is -3.76. The number of aromatic nitrogens is 3. The van der Waals surface area contributed by atoms with E-state index < -0.39 is 5.79 Å². The van der Waals surface area contributed by atoms with Crippen molar-refractivity contribution in [1.82, 2.24) is 14.5 Å². The summed E-state index contributed by atoms with van der Waals surface area (Å²) in [6.07, 6.45) is 5.02. The molecule has 234 valence electrons. The zero-order valence-corrected chi connectivity index (χ0v) is 27.0. The number of benzene rings is 3. The number of nitrogens with zero attached hydrogens (tertiary/aromatic N) is 5. The topological polar surface area (TPSA) is 78.0 Å². The first-order valence-corrected chi connectivity index (χ1v) is 15.9. The molecule has 0 spiro atoms. The van der Waals surface area contributed by atoms with E-state index in [0.717, 1.165) is 54.2 Å². The lowest BCUT2D eigenvalue weighted by Gasteiger charge is -2.35. The molecule has 9 nitrogen and oxygen atoms in total. The summed E-state index contributed by atoms with van der Waals surface area (Å²) in [6, 6.07) is 16.5. The second-order valence-corrected chi connectivity index (χ2v) is 12.7. The van der Waals surface area contributed by atoms with Crippen molar-refractivity contribution in [2.24, 2.45) is 0 Å². The van der Waals surface area contributed by atoms with E-state index in [2.05, 4.69) is 59.8 Å². The van der Waals surface area contributed by atoms with Crippen LogP contribution in [0.2, 0.25) is 10.0 Å². The molecule has 0 bridgehead atoms. The highest BCUT2D eigenvalue weighted by atomic mass is 35.5. The Morgan fingerprint density at radius 3 is 2.47 bits per heavy atom. The molecule has 0 saturated carbocycles. The molecule has 3 aromatic carbocycles. The monoisotopic (exact) mass is 647 g/mol. The Balaban J connectivity index is 1.00. The zero-order valence-electron chi connectivity index (χ0n) is 25.5. The summed E-state index contributed by atoms with van der Waals surface area (Å²) >= 11 is 12.8. The summed E-state index contributed by atoms with van der Waals surface area (Å²) in [4.78, 5) is 13.5. The molecular formula is C34H35Cl2N5O4. The number of imidazole rings is 1. The zero-order chi connectivity index (χ0) is 31.1. The molecule has 7 rings (SSSR count). The van der Waals surface area contributed by atoms with Gasteiger partial charge < -0.3 is 33.0 Å². The number of oxazole rings is 1. The smallest absolute Gasteiger partial charge is 0.298 e. The van der Waals surface area contributed by atoms with Gasteiger partial charge in [-0.05, 0) is 73.9 Å². The minimum absolute atomic E-state index is 0.303. The summed E-state index contributed by atoms with van der Waals surface area (Å²) in [5.41, 5.74) is 6.96. The minimum atomic E-state index is -1.09.